The topological polar surface area (TPSA) is 17.8 Å². The molecule has 2 nitrogen and oxygen atoms in total. The van der Waals surface area contributed by atoms with Crippen LogP contribution in [0.15, 0.2) is 19.0 Å². The fraction of sp³-hybridized carbons (Fsp3) is 0.462. The molecule has 1 aromatic rings. The van der Waals surface area contributed by atoms with Crippen LogP contribution in [0.3, 0.4) is 0 Å². The van der Waals surface area contributed by atoms with Crippen molar-refractivity contribution in [1.29, 1.82) is 0 Å². The molecule has 0 aliphatic carbocycles. The lowest BCUT2D eigenvalue weighted by molar-refractivity contribution is 0.571. The monoisotopic (exact) mass is 204 g/mol. The molecule has 0 fully saturated rings. The van der Waals surface area contributed by atoms with Crippen LogP contribution in [0.4, 0.5) is 0 Å². The number of hydrogen-bond donors (Lipinski definition) is 0. The average Bonchev–Trinajstić information content (AvgIpc) is 2.56. The van der Waals surface area contributed by atoms with Crippen molar-refractivity contribution in [3.05, 3.63) is 30.4 Å². The Kier molecular flexibility index (Phi) is 3.51. The van der Waals surface area contributed by atoms with Crippen molar-refractivity contribution in [2.24, 2.45) is 0 Å². The van der Waals surface area contributed by atoms with Gasteiger partial charge in [0.1, 0.15) is 0 Å². The maximum Gasteiger partial charge on any atom is 0.0995 e. The molecule has 0 radical (unpaired) electrons. The van der Waals surface area contributed by atoms with Crippen molar-refractivity contribution >= 4 is 12.3 Å². The first kappa shape index (κ1) is 11.8. The van der Waals surface area contributed by atoms with E-state index < -0.39 is 0 Å². The molecule has 0 bridgehead atoms. The van der Waals surface area contributed by atoms with Crippen molar-refractivity contribution in [1.82, 2.24) is 9.55 Å². The van der Waals surface area contributed by atoms with Gasteiger partial charge in [-0.1, -0.05) is 40.3 Å². The minimum absolute atomic E-state index is 0.0643. The fourth-order valence-electron chi connectivity index (χ4n) is 1.49. The molecule has 0 aliphatic heterocycles. The van der Waals surface area contributed by atoms with Gasteiger partial charge in [0.25, 0.3) is 0 Å². The predicted molar refractivity (Wildman–Crippen MR) is 66.6 cm³/mol. The van der Waals surface area contributed by atoms with E-state index in [1.165, 1.54) is 0 Å². The van der Waals surface area contributed by atoms with E-state index in [4.69, 9.17) is 0 Å². The van der Waals surface area contributed by atoms with E-state index in [1.807, 2.05) is 23.2 Å². The molecule has 0 spiro atoms. The molecule has 0 N–H and O–H groups in total. The molecule has 0 aromatic carbocycles. The van der Waals surface area contributed by atoms with E-state index >= 15 is 0 Å². The highest BCUT2D eigenvalue weighted by Gasteiger charge is 2.20. The number of nitrogens with zero attached hydrogens (tertiary/aromatic N) is 2. The molecule has 0 saturated carbocycles. The zero-order valence-electron chi connectivity index (χ0n) is 10.1. The highest BCUT2D eigenvalue weighted by molar-refractivity contribution is 5.51. The summed E-state index contributed by atoms with van der Waals surface area (Å²) in [5.74, 6) is 0. The Balaban J connectivity index is 3.17. The SMILES string of the molecule is C=Cc1c(C(C)(C)C)ncn1/C=C\CC. The van der Waals surface area contributed by atoms with Crippen molar-refractivity contribution in [3.63, 3.8) is 0 Å². The minimum atomic E-state index is 0.0643. The van der Waals surface area contributed by atoms with Gasteiger partial charge in [-0.15, -0.1) is 0 Å². The molecule has 15 heavy (non-hydrogen) atoms. The number of aromatic nitrogens is 2. The number of hydrogen-bond acceptors (Lipinski definition) is 1. The van der Waals surface area contributed by atoms with E-state index in [0.717, 1.165) is 17.8 Å². The Morgan fingerprint density at radius 1 is 1.47 bits per heavy atom. The molecule has 0 atom stereocenters. The Morgan fingerprint density at radius 2 is 2.13 bits per heavy atom. The van der Waals surface area contributed by atoms with Crippen LogP contribution in [-0.2, 0) is 5.41 Å². The van der Waals surface area contributed by atoms with E-state index in [1.54, 1.807) is 0 Å². The third-order valence-corrected chi connectivity index (χ3v) is 2.24. The Bertz CT molecular complexity index is 364. The van der Waals surface area contributed by atoms with Gasteiger partial charge >= 0.3 is 0 Å². The van der Waals surface area contributed by atoms with Crippen LogP contribution in [0.2, 0.25) is 0 Å². The molecule has 1 aromatic heterocycles. The van der Waals surface area contributed by atoms with E-state index in [0.29, 0.717) is 0 Å². The van der Waals surface area contributed by atoms with Crippen LogP contribution in [0, 0.1) is 0 Å². The van der Waals surface area contributed by atoms with Crippen LogP contribution < -0.4 is 0 Å². The summed E-state index contributed by atoms with van der Waals surface area (Å²) in [5, 5.41) is 0. The molecule has 0 saturated heterocycles. The predicted octanol–water partition coefficient (Wildman–Crippen LogP) is 3.70. The molecule has 0 amide bonds. The second-order valence-corrected chi connectivity index (χ2v) is 4.63. The van der Waals surface area contributed by atoms with Crippen molar-refractivity contribution in [2.45, 2.75) is 39.5 Å². The third kappa shape index (κ3) is 2.58. The maximum atomic E-state index is 4.45. The lowest BCUT2D eigenvalue weighted by Gasteiger charge is -2.16. The zero-order valence-corrected chi connectivity index (χ0v) is 10.1. The highest BCUT2D eigenvalue weighted by Crippen LogP contribution is 2.25. The number of rotatable bonds is 3. The summed E-state index contributed by atoms with van der Waals surface area (Å²) in [6.45, 7) is 12.5. The third-order valence-electron chi connectivity index (χ3n) is 2.24. The maximum absolute atomic E-state index is 4.45. The highest BCUT2D eigenvalue weighted by atomic mass is 15.0. The minimum Gasteiger partial charge on any atom is -0.306 e. The van der Waals surface area contributed by atoms with Gasteiger partial charge in [-0.2, -0.15) is 0 Å². The van der Waals surface area contributed by atoms with Crippen molar-refractivity contribution in [2.75, 3.05) is 0 Å². The van der Waals surface area contributed by atoms with Gasteiger partial charge in [-0.3, -0.25) is 0 Å². The Hall–Kier alpha value is -1.31. The van der Waals surface area contributed by atoms with Gasteiger partial charge in [0.2, 0.25) is 0 Å². The molecule has 1 rings (SSSR count). The van der Waals surface area contributed by atoms with Crippen LogP contribution in [0.1, 0.15) is 45.5 Å². The van der Waals surface area contributed by atoms with Gasteiger partial charge in [-0.05, 0) is 12.5 Å². The second kappa shape index (κ2) is 4.47. The van der Waals surface area contributed by atoms with Gasteiger partial charge in [0, 0.05) is 11.6 Å². The quantitative estimate of drug-likeness (QED) is 0.734. The number of allylic oxidation sites excluding steroid dienone is 1. The lowest BCUT2D eigenvalue weighted by atomic mass is 9.90. The van der Waals surface area contributed by atoms with Crippen LogP contribution in [-0.4, -0.2) is 9.55 Å². The first-order valence-corrected chi connectivity index (χ1v) is 5.37. The average molecular weight is 204 g/mol. The Morgan fingerprint density at radius 3 is 2.60 bits per heavy atom. The lowest BCUT2D eigenvalue weighted by Crippen LogP contribution is -2.13. The fourth-order valence-corrected chi connectivity index (χ4v) is 1.49. The first-order valence-electron chi connectivity index (χ1n) is 5.37. The summed E-state index contributed by atoms with van der Waals surface area (Å²) in [6, 6.07) is 0. The molecule has 0 unspecified atom stereocenters. The summed E-state index contributed by atoms with van der Waals surface area (Å²) in [4.78, 5) is 4.45. The molecule has 82 valence electrons. The van der Waals surface area contributed by atoms with Crippen molar-refractivity contribution < 1.29 is 0 Å². The van der Waals surface area contributed by atoms with Crippen molar-refractivity contribution in [3.8, 4) is 0 Å². The Labute approximate surface area is 92.3 Å². The summed E-state index contributed by atoms with van der Waals surface area (Å²) >= 11 is 0. The van der Waals surface area contributed by atoms with Gasteiger partial charge < -0.3 is 4.57 Å². The van der Waals surface area contributed by atoms with Gasteiger partial charge in [-0.25, -0.2) is 4.98 Å². The van der Waals surface area contributed by atoms with Gasteiger partial charge in [0.05, 0.1) is 17.7 Å². The van der Waals surface area contributed by atoms with Crippen LogP contribution in [0.5, 0.6) is 0 Å². The smallest absolute Gasteiger partial charge is 0.0995 e. The molecular weight excluding hydrogens is 184 g/mol. The molecule has 0 aliphatic rings. The van der Waals surface area contributed by atoms with Crippen LogP contribution >= 0.6 is 0 Å². The molecule has 2 heteroatoms. The first-order chi connectivity index (χ1) is 7.00. The summed E-state index contributed by atoms with van der Waals surface area (Å²) in [5.41, 5.74) is 2.25. The van der Waals surface area contributed by atoms with Crippen LogP contribution in [0.25, 0.3) is 12.3 Å². The van der Waals surface area contributed by atoms with Gasteiger partial charge in [0.15, 0.2) is 0 Å². The van der Waals surface area contributed by atoms with E-state index in [-0.39, 0.29) is 5.41 Å². The summed E-state index contributed by atoms with van der Waals surface area (Å²) in [7, 11) is 0. The second-order valence-electron chi connectivity index (χ2n) is 4.63. The summed E-state index contributed by atoms with van der Waals surface area (Å²) < 4.78 is 2.02. The zero-order chi connectivity index (χ0) is 11.5. The van der Waals surface area contributed by atoms with E-state index in [2.05, 4.69) is 45.3 Å². The molecule has 1 heterocycles. The van der Waals surface area contributed by atoms with E-state index in [9.17, 15) is 0 Å². The standard InChI is InChI=1S/C13H20N2/c1-6-8-9-15-10-14-12(11(15)7-2)13(3,4)5/h7-10H,2,6H2,1,3-5H3/b9-8-. The summed E-state index contributed by atoms with van der Waals surface area (Å²) in [6.07, 6.45) is 8.90. The normalized spacial score (nSPS) is 12.3. The largest absolute Gasteiger partial charge is 0.306 e. The molecular formula is C13H20N2. The number of imidazole rings is 1.